The van der Waals surface area contributed by atoms with Crippen molar-refractivity contribution < 1.29 is 9.90 Å². The SMILES string of the molecule is O=C(N[C@H]1CS/C(=C/c2ccccc2)[C@@H]1O)c1ccccc1. The molecule has 4 heteroatoms. The molecule has 0 spiro atoms. The summed E-state index contributed by atoms with van der Waals surface area (Å²) >= 11 is 1.59. The zero-order chi connectivity index (χ0) is 15.4. The fourth-order valence-corrected chi connectivity index (χ4v) is 3.56. The second-order valence-electron chi connectivity index (χ2n) is 5.16. The van der Waals surface area contributed by atoms with Crippen LogP contribution >= 0.6 is 11.8 Å². The van der Waals surface area contributed by atoms with Crippen LogP contribution in [-0.2, 0) is 0 Å². The van der Waals surface area contributed by atoms with Crippen molar-refractivity contribution in [3.63, 3.8) is 0 Å². The quantitative estimate of drug-likeness (QED) is 0.916. The molecule has 2 aromatic carbocycles. The van der Waals surface area contributed by atoms with Gasteiger partial charge in [-0.1, -0.05) is 48.5 Å². The first-order chi connectivity index (χ1) is 10.7. The number of carbonyl (C=O) groups excluding carboxylic acids is 1. The lowest BCUT2D eigenvalue weighted by Gasteiger charge is -2.16. The van der Waals surface area contributed by atoms with E-state index in [4.69, 9.17) is 0 Å². The van der Waals surface area contributed by atoms with E-state index in [9.17, 15) is 9.90 Å². The number of hydrogen-bond acceptors (Lipinski definition) is 3. The van der Waals surface area contributed by atoms with E-state index in [1.807, 2.05) is 54.6 Å². The Bertz CT molecular complexity index is 670. The Kier molecular flexibility index (Phi) is 4.61. The highest BCUT2D eigenvalue weighted by molar-refractivity contribution is 8.03. The van der Waals surface area contributed by atoms with E-state index in [1.165, 1.54) is 0 Å². The van der Waals surface area contributed by atoms with Crippen molar-refractivity contribution in [2.24, 2.45) is 0 Å². The van der Waals surface area contributed by atoms with E-state index in [0.29, 0.717) is 11.3 Å². The van der Waals surface area contributed by atoms with E-state index in [1.54, 1.807) is 23.9 Å². The number of thioether (sulfide) groups is 1. The molecule has 0 aromatic heterocycles. The van der Waals surface area contributed by atoms with Crippen LogP contribution in [0.3, 0.4) is 0 Å². The van der Waals surface area contributed by atoms with Gasteiger partial charge in [-0.3, -0.25) is 4.79 Å². The normalized spacial score (nSPS) is 22.7. The van der Waals surface area contributed by atoms with Gasteiger partial charge in [0.05, 0.1) is 6.04 Å². The standard InChI is InChI=1S/C18H17NO2S/c20-17-15(19-18(21)14-9-5-2-6-10-14)12-22-16(17)11-13-7-3-1-4-8-13/h1-11,15,17,20H,12H2,(H,19,21)/b16-11+/t15-,17+/m0/s1. The predicted octanol–water partition coefficient (Wildman–Crippen LogP) is 2.93. The smallest absolute Gasteiger partial charge is 0.251 e. The highest BCUT2D eigenvalue weighted by atomic mass is 32.2. The monoisotopic (exact) mass is 311 g/mol. The molecule has 2 N–H and O–H groups in total. The van der Waals surface area contributed by atoms with Crippen LogP contribution in [0.4, 0.5) is 0 Å². The maximum Gasteiger partial charge on any atom is 0.251 e. The van der Waals surface area contributed by atoms with Crippen LogP contribution in [0.15, 0.2) is 65.6 Å². The van der Waals surface area contributed by atoms with Gasteiger partial charge in [-0.15, -0.1) is 11.8 Å². The van der Waals surface area contributed by atoms with Gasteiger partial charge in [0.25, 0.3) is 5.91 Å². The second-order valence-corrected chi connectivity index (χ2v) is 6.25. The van der Waals surface area contributed by atoms with Crippen LogP contribution in [0.25, 0.3) is 6.08 Å². The minimum Gasteiger partial charge on any atom is -0.386 e. The van der Waals surface area contributed by atoms with Gasteiger partial charge in [-0.25, -0.2) is 0 Å². The third-order valence-electron chi connectivity index (χ3n) is 3.56. The highest BCUT2D eigenvalue weighted by Gasteiger charge is 2.31. The number of nitrogens with one attached hydrogen (secondary N) is 1. The van der Waals surface area contributed by atoms with Gasteiger partial charge in [0.1, 0.15) is 6.10 Å². The minimum absolute atomic E-state index is 0.147. The van der Waals surface area contributed by atoms with Crippen molar-refractivity contribution in [3.8, 4) is 0 Å². The summed E-state index contributed by atoms with van der Waals surface area (Å²) in [6.07, 6.45) is 1.32. The molecular formula is C18H17NO2S. The van der Waals surface area contributed by atoms with Crippen LogP contribution in [0.1, 0.15) is 15.9 Å². The van der Waals surface area contributed by atoms with Crippen molar-refractivity contribution in [2.45, 2.75) is 12.1 Å². The summed E-state index contributed by atoms with van der Waals surface area (Å²) in [7, 11) is 0. The van der Waals surface area contributed by atoms with Crippen LogP contribution in [-0.4, -0.2) is 28.9 Å². The number of rotatable bonds is 3. The molecule has 1 heterocycles. The Morgan fingerprint density at radius 2 is 1.73 bits per heavy atom. The molecule has 0 aliphatic carbocycles. The molecule has 1 aliphatic heterocycles. The van der Waals surface area contributed by atoms with Gasteiger partial charge in [0, 0.05) is 16.2 Å². The lowest BCUT2D eigenvalue weighted by Crippen LogP contribution is -2.42. The van der Waals surface area contributed by atoms with E-state index in [-0.39, 0.29) is 11.9 Å². The maximum atomic E-state index is 12.2. The third-order valence-corrected chi connectivity index (χ3v) is 4.78. The Hall–Kier alpha value is -2.04. The highest BCUT2D eigenvalue weighted by Crippen LogP contribution is 2.33. The van der Waals surface area contributed by atoms with Gasteiger partial charge in [0.2, 0.25) is 0 Å². The summed E-state index contributed by atoms with van der Waals surface area (Å²) in [4.78, 5) is 13.1. The van der Waals surface area contributed by atoms with E-state index in [2.05, 4.69) is 5.32 Å². The van der Waals surface area contributed by atoms with E-state index >= 15 is 0 Å². The fourth-order valence-electron chi connectivity index (χ4n) is 2.36. The number of hydrogen-bond donors (Lipinski definition) is 2. The fraction of sp³-hybridized carbons (Fsp3) is 0.167. The summed E-state index contributed by atoms with van der Waals surface area (Å²) in [5, 5.41) is 13.3. The number of benzene rings is 2. The number of aliphatic hydroxyl groups excluding tert-OH is 1. The topological polar surface area (TPSA) is 49.3 Å². The third kappa shape index (κ3) is 3.40. The molecule has 0 bridgehead atoms. The molecular weight excluding hydrogens is 294 g/mol. The average molecular weight is 311 g/mol. The summed E-state index contributed by atoms with van der Waals surface area (Å²) in [6, 6.07) is 18.7. The van der Waals surface area contributed by atoms with Crippen molar-refractivity contribution in [2.75, 3.05) is 5.75 Å². The molecule has 0 unspecified atom stereocenters. The van der Waals surface area contributed by atoms with Crippen LogP contribution in [0, 0.1) is 0 Å². The first kappa shape index (κ1) is 14.9. The number of amides is 1. The molecule has 22 heavy (non-hydrogen) atoms. The molecule has 3 nitrogen and oxygen atoms in total. The Morgan fingerprint density at radius 3 is 2.41 bits per heavy atom. The molecule has 1 fully saturated rings. The molecule has 1 amide bonds. The largest absolute Gasteiger partial charge is 0.386 e. The van der Waals surface area contributed by atoms with Crippen LogP contribution in [0.5, 0.6) is 0 Å². The summed E-state index contributed by atoms with van der Waals surface area (Å²) in [6.45, 7) is 0. The first-order valence-electron chi connectivity index (χ1n) is 7.17. The summed E-state index contributed by atoms with van der Waals surface area (Å²) < 4.78 is 0. The predicted molar refractivity (Wildman–Crippen MR) is 90.6 cm³/mol. The van der Waals surface area contributed by atoms with Gasteiger partial charge in [-0.2, -0.15) is 0 Å². The number of carbonyl (C=O) groups is 1. The Morgan fingerprint density at radius 1 is 1.09 bits per heavy atom. The molecule has 2 atom stereocenters. The Balaban J connectivity index is 1.68. The average Bonchev–Trinajstić information content (AvgIpc) is 2.90. The van der Waals surface area contributed by atoms with Crippen LogP contribution < -0.4 is 5.32 Å². The molecule has 112 valence electrons. The van der Waals surface area contributed by atoms with Crippen molar-refractivity contribution in [1.29, 1.82) is 0 Å². The van der Waals surface area contributed by atoms with Gasteiger partial charge < -0.3 is 10.4 Å². The van der Waals surface area contributed by atoms with Crippen molar-refractivity contribution in [3.05, 3.63) is 76.7 Å². The molecule has 0 saturated carbocycles. The summed E-state index contributed by atoms with van der Waals surface area (Å²) in [5.41, 5.74) is 1.67. The molecule has 3 rings (SSSR count). The zero-order valence-corrected chi connectivity index (χ0v) is 12.8. The molecule has 2 aromatic rings. The second kappa shape index (κ2) is 6.81. The number of aliphatic hydroxyl groups is 1. The van der Waals surface area contributed by atoms with Gasteiger partial charge >= 0.3 is 0 Å². The van der Waals surface area contributed by atoms with E-state index in [0.717, 1.165) is 10.5 Å². The lowest BCUT2D eigenvalue weighted by molar-refractivity contribution is 0.0900. The summed E-state index contributed by atoms with van der Waals surface area (Å²) in [5.74, 6) is 0.532. The Labute approximate surface area is 134 Å². The molecule has 1 aliphatic rings. The zero-order valence-electron chi connectivity index (χ0n) is 12.0. The minimum atomic E-state index is -0.655. The molecule has 1 saturated heterocycles. The van der Waals surface area contributed by atoms with Crippen molar-refractivity contribution >= 4 is 23.7 Å². The first-order valence-corrected chi connectivity index (χ1v) is 8.16. The van der Waals surface area contributed by atoms with Gasteiger partial charge in [-0.05, 0) is 23.8 Å². The lowest BCUT2D eigenvalue weighted by atomic mass is 10.1. The molecule has 0 radical (unpaired) electrons. The van der Waals surface area contributed by atoms with E-state index < -0.39 is 6.10 Å². The van der Waals surface area contributed by atoms with Gasteiger partial charge in [0.15, 0.2) is 0 Å². The van der Waals surface area contributed by atoms with Crippen LogP contribution in [0.2, 0.25) is 0 Å². The van der Waals surface area contributed by atoms with Crippen molar-refractivity contribution in [1.82, 2.24) is 5.32 Å². The maximum absolute atomic E-state index is 12.2.